The highest BCUT2D eigenvalue weighted by Gasteiger charge is 2.25. The maximum absolute atomic E-state index is 12.5. The van der Waals surface area contributed by atoms with E-state index in [9.17, 15) is 4.79 Å². The molecule has 0 saturated carbocycles. The molecule has 1 saturated heterocycles. The molecule has 1 heterocycles. The van der Waals surface area contributed by atoms with Crippen molar-refractivity contribution < 1.29 is 9.53 Å². The molecule has 0 radical (unpaired) electrons. The van der Waals surface area contributed by atoms with Gasteiger partial charge in [0.25, 0.3) is 5.91 Å². The number of piperidine rings is 1. The molecule has 5 heteroatoms. The van der Waals surface area contributed by atoms with Crippen LogP contribution >= 0.6 is 23.2 Å². The van der Waals surface area contributed by atoms with Gasteiger partial charge in [0.15, 0.2) is 5.75 Å². The zero-order valence-corrected chi connectivity index (χ0v) is 11.7. The van der Waals surface area contributed by atoms with Crippen molar-refractivity contribution in [2.75, 3.05) is 20.2 Å². The van der Waals surface area contributed by atoms with Gasteiger partial charge in [0.2, 0.25) is 0 Å². The fourth-order valence-electron chi connectivity index (χ4n) is 2.19. The summed E-state index contributed by atoms with van der Waals surface area (Å²) in [6, 6.07) is 3.26. The van der Waals surface area contributed by atoms with Gasteiger partial charge >= 0.3 is 0 Å². The highest BCUT2D eigenvalue weighted by atomic mass is 35.5. The molecule has 1 aliphatic heterocycles. The molecule has 3 nitrogen and oxygen atoms in total. The first-order valence-corrected chi connectivity index (χ1v) is 6.72. The third kappa shape index (κ3) is 2.57. The Morgan fingerprint density at radius 2 is 1.78 bits per heavy atom. The Morgan fingerprint density at radius 1 is 1.17 bits per heavy atom. The summed E-state index contributed by atoms with van der Waals surface area (Å²) in [5.74, 6) is 0.263. The number of carbonyl (C=O) groups is 1. The van der Waals surface area contributed by atoms with Gasteiger partial charge in [-0.25, -0.2) is 0 Å². The van der Waals surface area contributed by atoms with Crippen molar-refractivity contribution in [2.24, 2.45) is 0 Å². The number of rotatable bonds is 2. The van der Waals surface area contributed by atoms with Crippen molar-refractivity contribution in [2.45, 2.75) is 19.3 Å². The number of carbonyl (C=O) groups excluding carboxylic acids is 1. The van der Waals surface area contributed by atoms with Crippen LogP contribution in [0.1, 0.15) is 29.6 Å². The van der Waals surface area contributed by atoms with Gasteiger partial charge in [0.1, 0.15) is 5.56 Å². The number of methoxy groups -OCH3 is 1. The summed E-state index contributed by atoms with van der Waals surface area (Å²) in [7, 11) is 1.49. The van der Waals surface area contributed by atoms with Crippen LogP contribution in [0.4, 0.5) is 0 Å². The first-order chi connectivity index (χ1) is 8.65. The minimum Gasteiger partial charge on any atom is -0.494 e. The molecule has 0 aromatic heterocycles. The lowest BCUT2D eigenvalue weighted by molar-refractivity contribution is 0.0721. The molecule has 0 spiro atoms. The van der Waals surface area contributed by atoms with Gasteiger partial charge in [-0.15, -0.1) is 0 Å². The van der Waals surface area contributed by atoms with E-state index in [-0.39, 0.29) is 5.91 Å². The molecule has 2 rings (SSSR count). The molecular weight excluding hydrogens is 273 g/mol. The van der Waals surface area contributed by atoms with Crippen LogP contribution < -0.4 is 4.74 Å². The number of hydrogen-bond acceptors (Lipinski definition) is 2. The summed E-state index contributed by atoms with van der Waals surface area (Å²) in [5.41, 5.74) is 0.369. The van der Waals surface area contributed by atoms with E-state index in [1.807, 2.05) is 4.90 Å². The largest absolute Gasteiger partial charge is 0.494 e. The highest BCUT2D eigenvalue weighted by molar-refractivity contribution is 6.37. The van der Waals surface area contributed by atoms with E-state index in [4.69, 9.17) is 27.9 Å². The Kier molecular flexibility index (Phi) is 4.36. The second kappa shape index (κ2) is 5.81. The third-order valence-corrected chi connectivity index (χ3v) is 3.73. The highest BCUT2D eigenvalue weighted by Crippen LogP contribution is 2.35. The molecule has 0 atom stereocenters. The minimum absolute atomic E-state index is 0.0981. The molecule has 1 aromatic carbocycles. The lowest BCUT2D eigenvalue weighted by Gasteiger charge is -2.27. The topological polar surface area (TPSA) is 29.5 Å². The van der Waals surface area contributed by atoms with E-state index >= 15 is 0 Å². The van der Waals surface area contributed by atoms with Crippen molar-refractivity contribution in [3.05, 3.63) is 27.7 Å². The molecule has 18 heavy (non-hydrogen) atoms. The normalized spacial score (nSPS) is 15.6. The van der Waals surface area contributed by atoms with E-state index in [1.165, 1.54) is 13.5 Å². The number of nitrogens with zero attached hydrogens (tertiary/aromatic N) is 1. The molecule has 1 amide bonds. The fraction of sp³-hybridized carbons (Fsp3) is 0.462. The first kappa shape index (κ1) is 13.5. The van der Waals surface area contributed by atoms with Gasteiger partial charge in [0, 0.05) is 13.1 Å². The lowest BCUT2D eigenvalue weighted by atomic mass is 10.1. The van der Waals surface area contributed by atoms with Crippen molar-refractivity contribution in [3.63, 3.8) is 0 Å². The molecule has 0 bridgehead atoms. The predicted octanol–water partition coefficient (Wildman–Crippen LogP) is 3.63. The van der Waals surface area contributed by atoms with Crippen LogP contribution in [0.3, 0.4) is 0 Å². The van der Waals surface area contributed by atoms with Crippen LogP contribution in [-0.4, -0.2) is 31.0 Å². The summed E-state index contributed by atoms with van der Waals surface area (Å²) in [6.45, 7) is 1.54. The Hall–Kier alpha value is -0.930. The molecule has 98 valence electrons. The fourth-order valence-corrected chi connectivity index (χ4v) is 2.65. The van der Waals surface area contributed by atoms with E-state index in [1.54, 1.807) is 12.1 Å². The van der Waals surface area contributed by atoms with Crippen LogP contribution in [0.5, 0.6) is 5.75 Å². The molecular formula is C13H15Cl2NO2. The SMILES string of the molecule is COc1c(Cl)ccc(Cl)c1C(=O)N1CCCCC1. The maximum Gasteiger partial charge on any atom is 0.259 e. The van der Waals surface area contributed by atoms with Crippen molar-refractivity contribution in [3.8, 4) is 5.75 Å². The van der Waals surface area contributed by atoms with Crippen LogP contribution in [0.25, 0.3) is 0 Å². The number of benzene rings is 1. The van der Waals surface area contributed by atoms with Crippen molar-refractivity contribution in [1.82, 2.24) is 4.90 Å². The molecule has 0 aliphatic carbocycles. The average Bonchev–Trinajstić information content (AvgIpc) is 2.41. The quantitative estimate of drug-likeness (QED) is 0.831. The molecule has 1 aliphatic rings. The van der Waals surface area contributed by atoms with Gasteiger partial charge < -0.3 is 9.64 Å². The van der Waals surface area contributed by atoms with Crippen LogP contribution in [0.15, 0.2) is 12.1 Å². The standard InChI is InChI=1S/C13H15Cl2NO2/c1-18-12-10(15)6-5-9(14)11(12)13(17)16-7-3-2-4-8-16/h5-6H,2-4,7-8H2,1H3. The van der Waals surface area contributed by atoms with Crippen LogP contribution in [0.2, 0.25) is 10.0 Å². The number of amides is 1. The van der Waals surface area contributed by atoms with Gasteiger partial charge in [0.05, 0.1) is 17.2 Å². The maximum atomic E-state index is 12.5. The van der Waals surface area contributed by atoms with Crippen molar-refractivity contribution in [1.29, 1.82) is 0 Å². The lowest BCUT2D eigenvalue weighted by Crippen LogP contribution is -2.36. The monoisotopic (exact) mass is 287 g/mol. The summed E-state index contributed by atoms with van der Waals surface area (Å²) in [4.78, 5) is 14.3. The molecule has 0 N–H and O–H groups in total. The van der Waals surface area contributed by atoms with E-state index in [0.29, 0.717) is 21.4 Å². The second-order valence-corrected chi connectivity index (χ2v) is 5.10. The average molecular weight is 288 g/mol. The zero-order valence-electron chi connectivity index (χ0n) is 10.2. The van der Waals surface area contributed by atoms with Crippen LogP contribution in [0, 0.1) is 0 Å². The number of halogens is 2. The first-order valence-electron chi connectivity index (χ1n) is 5.96. The van der Waals surface area contributed by atoms with Crippen LogP contribution in [-0.2, 0) is 0 Å². The third-order valence-electron chi connectivity index (χ3n) is 3.12. The Labute approximate surface area is 117 Å². The van der Waals surface area contributed by atoms with Gasteiger partial charge in [-0.05, 0) is 31.4 Å². The summed E-state index contributed by atoms with van der Waals surface area (Å²) >= 11 is 12.1. The molecule has 1 aromatic rings. The van der Waals surface area contributed by atoms with Gasteiger partial charge in [-0.3, -0.25) is 4.79 Å². The van der Waals surface area contributed by atoms with Crippen molar-refractivity contribution >= 4 is 29.1 Å². The molecule has 0 unspecified atom stereocenters. The summed E-state index contributed by atoms with van der Waals surface area (Å²) in [6.07, 6.45) is 3.24. The predicted molar refractivity (Wildman–Crippen MR) is 72.8 cm³/mol. The van der Waals surface area contributed by atoms with E-state index < -0.39 is 0 Å². The molecule has 1 fully saturated rings. The second-order valence-electron chi connectivity index (χ2n) is 4.29. The smallest absolute Gasteiger partial charge is 0.259 e. The Balaban J connectivity index is 2.36. The summed E-state index contributed by atoms with van der Waals surface area (Å²) in [5, 5.41) is 0.786. The van der Waals surface area contributed by atoms with E-state index in [0.717, 1.165) is 25.9 Å². The van der Waals surface area contributed by atoms with Gasteiger partial charge in [-0.1, -0.05) is 23.2 Å². The summed E-state index contributed by atoms with van der Waals surface area (Å²) < 4.78 is 5.21. The Bertz CT molecular complexity index is 457. The zero-order chi connectivity index (χ0) is 13.1. The number of likely N-dealkylation sites (tertiary alicyclic amines) is 1. The Morgan fingerprint density at radius 3 is 2.39 bits per heavy atom. The number of hydrogen-bond donors (Lipinski definition) is 0. The minimum atomic E-state index is -0.0981. The van der Waals surface area contributed by atoms with E-state index in [2.05, 4.69) is 0 Å². The van der Waals surface area contributed by atoms with Gasteiger partial charge in [-0.2, -0.15) is 0 Å². The number of ether oxygens (including phenoxy) is 1.